The monoisotopic (exact) mass is 338 g/mol. The number of carbonyl (C=O) groups excluding carboxylic acids is 1. The molecule has 0 fully saturated rings. The van der Waals surface area contributed by atoms with Gasteiger partial charge in [0.15, 0.2) is 5.96 Å². The molecule has 6 heteroatoms. The van der Waals surface area contributed by atoms with Gasteiger partial charge >= 0.3 is 0 Å². The fourth-order valence-electron chi connectivity index (χ4n) is 1.82. The number of nitrogens with one attached hydrogen (secondary N) is 1. The molecule has 1 atom stereocenters. The van der Waals surface area contributed by atoms with Crippen molar-refractivity contribution in [1.82, 2.24) is 15.1 Å². The summed E-state index contributed by atoms with van der Waals surface area (Å²) in [6.07, 6.45) is 0.982. The van der Waals surface area contributed by atoms with Crippen LogP contribution in [0.25, 0.3) is 0 Å². The number of guanidine groups is 1. The van der Waals surface area contributed by atoms with Crippen LogP contribution in [0.1, 0.15) is 25.8 Å². The summed E-state index contributed by atoms with van der Waals surface area (Å²) in [7, 11) is 5.43. The van der Waals surface area contributed by atoms with Crippen LogP contribution < -0.4 is 5.32 Å². The SMILES string of the molecule is CCC(C)NC(=NCC(=O)N(C)C)N(C)Cc1ccc(Cl)cc1. The number of halogens is 1. The highest BCUT2D eigenvalue weighted by atomic mass is 35.5. The Balaban J connectivity index is 2.82. The summed E-state index contributed by atoms with van der Waals surface area (Å²) in [5.74, 6) is 0.706. The molecule has 23 heavy (non-hydrogen) atoms. The second-order valence-corrected chi connectivity index (χ2v) is 6.30. The Morgan fingerprint density at radius 2 is 1.87 bits per heavy atom. The van der Waals surface area contributed by atoms with Gasteiger partial charge in [0.25, 0.3) is 0 Å². The Kier molecular flexibility index (Phi) is 7.89. The highest BCUT2D eigenvalue weighted by molar-refractivity contribution is 6.30. The van der Waals surface area contributed by atoms with Crippen molar-refractivity contribution < 1.29 is 4.79 Å². The third-order valence-corrected chi connectivity index (χ3v) is 3.80. The number of rotatable bonds is 6. The van der Waals surface area contributed by atoms with E-state index in [1.54, 1.807) is 19.0 Å². The van der Waals surface area contributed by atoms with Gasteiger partial charge in [0.2, 0.25) is 5.91 Å². The molecule has 0 aliphatic heterocycles. The smallest absolute Gasteiger partial charge is 0.243 e. The lowest BCUT2D eigenvalue weighted by molar-refractivity contribution is -0.127. The van der Waals surface area contributed by atoms with E-state index in [0.717, 1.165) is 23.0 Å². The Hall–Kier alpha value is -1.75. The second-order valence-electron chi connectivity index (χ2n) is 5.86. The molecule has 0 aliphatic carbocycles. The van der Waals surface area contributed by atoms with Crippen LogP contribution in [0.3, 0.4) is 0 Å². The van der Waals surface area contributed by atoms with Crippen molar-refractivity contribution in [3.8, 4) is 0 Å². The topological polar surface area (TPSA) is 47.9 Å². The molecule has 0 saturated heterocycles. The van der Waals surface area contributed by atoms with E-state index < -0.39 is 0 Å². The largest absolute Gasteiger partial charge is 0.354 e. The fraction of sp³-hybridized carbons (Fsp3) is 0.529. The molecule has 1 N–H and O–H groups in total. The molecule has 1 aromatic rings. The van der Waals surface area contributed by atoms with Crippen LogP contribution in [0.15, 0.2) is 29.3 Å². The number of hydrogen-bond acceptors (Lipinski definition) is 2. The second kappa shape index (κ2) is 9.40. The third-order valence-electron chi connectivity index (χ3n) is 3.55. The van der Waals surface area contributed by atoms with E-state index in [-0.39, 0.29) is 18.5 Å². The lowest BCUT2D eigenvalue weighted by Crippen LogP contribution is -2.43. The van der Waals surface area contributed by atoms with Crippen molar-refractivity contribution >= 4 is 23.5 Å². The normalized spacial score (nSPS) is 12.7. The fourth-order valence-corrected chi connectivity index (χ4v) is 1.95. The number of benzene rings is 1. The van der Waals surface area contributed by atoms with Crippen molar-refractivity contribution in [2.45, 2.75) is 32.9 Å². The van der Waals surface area contributed by atoms with Crippen LogP contribution in [0.4, 0.5) is 0 Å². The van der Waals surface area contributed by atoms with Crippen LogP contribution in [-0.2, 0) is 11.3 Å². The lowest BCUT2D eigenvalue weighted by Gasteiger charge is -2.25. The highest BCUT2D eigenvalue weighted by Crippen LogP contribution is 2.11. The van der Waals surface area contributed by atoms with Crippen molar-refractivity contribution in [1.29, 1.82) is 0 Å². The van der Waals surface area contributed by atoms with Crippen LogP contribution in [-0.4, -0.2) is 55.4 Å². The Morgan fingerprint density at radius 1 is 1.26 bits per heavy atom. The van der Waals surface area contributed by atoms with E-state index in [2.05, 4.69) is 24.2 Å². The van der Waals surface area contributed by atoms with Gasteiger partial charge < -0.3 is 15.1 Å². The first-order valence-electron chi connectivity index (χ1n) is 7.80. The third kappa shape index (κ3) is 6.91. The first-order chi connectivity index (χ1) is 10.8. The first-order valence-corrected chi connectivity index (χ1v) is 8.18. The van der Waals surface area contributed by atoms with Crippen molar-refractivity contribution in [2.24, 2.45) is 4.99 Å². The molecule has 1 amide bonds. The van der Waals surface area contributed by atoms with Crippen LogP contribution >= 0.6 is 11.6 Å². The molecule has 0 aliphatic rings. The molecule has 128 valence electrons. The Labute approximate surface area is 144 Å². The molecule has 0 bridgehead atoms. The quantitative estimate of drug-likeness (QED) is 0.640. The van der Waals surface area contributed by atoms with Gasteiger partial charge in [-0.05, 0) is 31.0 Å². The highest BCUT2D eigenvalue weighted by Gasteiger charge is 2.11. The van der Waals surface area contributed by atoms with E-state index in [9.17, 15) is 4.79 Å². The van der Waals surface area contributed by atoms with E-state index in [1.165, 1.54) is 0 Å². The van der Waals surface area contributed by atoms with Gasteiger partial charge in [-0.3, -0.25) is 4.79 Å². The maximum Gasteiger partial charge on any atom is 0.243 e. The Bertz CT molecular complexity index is 528. The summed E-state index contributed by atoms with van der Waals surface area (Å²) in [6, 6.07) is 8.02. The summed E-state index contributed by atoms with van der Waals surface area (Å²) < 4.78 is 0. The average Bonchev–Trinajstić information content (AvgIpc) is 2.52. The maximum absolute atomic E-state index is 11.8. The van der Waals surface area contributed by atoms with Gasteiger partial charge in [0.1, 0.15) is 6.54 Å². The van der Waals surface area contributed by atoms with E-state index in [0.29, 0.717) is 6.54 Å². The van der Waals surface area contributed by atoms with Gasteiger partial charge in [-0.2, -0.15) is 0 Å². The summed E-state index contributed by atoms with van der Waals surface area (Å²) in [5.41, 5.74) is 1.13. The van der Waals surface area contributed by atoms with Crippen molar-refractivity contribution in [3.63, 3.8) is 0 Å². The lowest BCUT2D eigenvalue weighted by atomic mass is 10.2. The zero-order chi connectivity index (χ0) is 17.4. The van der Waals surface area contributed by atoms with Gasteiger partial charge in [0, 0.05) is 38.8 Å². The minimum Gasteiger partial charge on any atom is -0.354 e. The maximum atomic E-state index is 11.8. The molecule has 0 heterocycles. The number of nitrogens with zero attached hydrogens (tertiary/aromatic N) is 3. The average molecular weight is 339 g/mol. The summed E-state index contributed by atoms with van der Waals surface area (Å²) in [5, 5.41) is 4.09. The summed E-state index contributed by atoms with van der Waals surface area (Å²) >= 11 is 5.92. The standard InChI is InChI=1S/C17H27ClN4O/c1-6-13(2)20-17(19-11-16(23)21(3)4)22(5)12-14-7-9-15(18)10-8-14/h7-10,13H,6,11-12H2,1-5H3,(H,19,20). The predicted molar refractivity (Wildman–Crippen MR) is 96.8 cm³/mol. The number of amides is 1. The minimum atomic E-state index is -0.0201. The number of likely N-dealkylation sites (N-methyl/N-ethyl adjacent to an activating group) is 1. The van der Waals surface area contributed by atoms with E-state index >= 15 is 0 Å². The molecule has 1 rings (SSSR count). The zero-order valence-electron chi connectivity index (χ0n) is 14.6. The van der Waals surface area contributed by atoms with Crippen molar-refractivity contribution in [2.75, 3.05) is 27.7 Å². The Morgan fingerprint density at radius 3 is 2.39 bits per heavy atom. The molecule has 5 nitrogen and oxygen atoms in total. The van der Waals surface area contributed by atoms with Crippen LogP contribution in [0.5, 0.6) is 0 Å². The molecular weight excluding hydrogens is 312 g/mol. The number of aliphatic imine (C=N–C) groups is 1. The van der Waals surface area contributed by atoms with Gasteiger partial charge in [-0.15, -0.1) is 0 Å². The minimum absolute atomic E-state index is 0.0201. The molecule has 0 saturated carbocycles. The molecular formula is C17H27ClN4O. The first kappa shape index (κ1) is 19.3. The molecule has 1 aromatic carbocycles. The van der Waals surface area contributed by atoms with Gasteiger partial charge in [-0.25, -0.2) is 4.99 Å². The van der Waals surface area contributed by atoms with Gasteiger partial charge in [0.05, 0.1) is 0 Å². The molecule has 0 radical (unpaired) electrons. The van der Waals surface area contributed by atoms with Crippen molar-refractivity contribution in [3.05, 3.63) is 34.9 Å². The summed E-state index contributed by atoms with van der Waals surface area (Å²) in [6.45, 7) is 5.03. The predicted octanol–water partition coefficient (Wildman–Crippen LogP) is 2.60. The number of carbonyl (C=O) groups is 1. The van der Waals surface area contributed by atoms with E-state index in [4.69, 9.17) is 11.6 Å². The summed E-state index contributed by atoms with van der Waals surface area (Å²) in [4.78, 5) is 19.8. The molecule has 0 spiro atoms. The van der Waals surface area contributed by atoms with Crippen LogP contribution in [0, 0.1) is 0 Å². The molecule has 0 aromatic heterocycles. The molecule has 1 unspecified atom stereocenters. The van der Waals surface area contributed by atoms with E-state index in [1.807, 2.05) is 36.2 Å². The van der Waals surface area contributed by atoms with Gasteiger partial charge in [-0.1, -0.05) is 30.7 Å². The zero-order valence-corrected chi connectivity index (χ0v) is 15.4. The van der Waals surface area contributed by atoms with Crippen LogP contribution in [0.2, 0.25) is 5.02 Å². The number of hydrogen-bond donors (Lipinski definition) is 1.